The molecule has 0 amide bonds. The van der Waals surface area contributed by atoms with E-state index in [1.165, 1.54) is 7.11 Å². The lowest BCUT2D eigenvalue weighted by molar-refractivity contribution is 0.350. The molecule has 7 nitrogen and oxygen atoms in total. The predicted molar refractivity (Wildman–Crippen MR) is 120 cm³/mol. The van der Waals surface area contributed by atoms with E-state index < -0.39 is 7.60 Å². The minimum atomic E-state index is -4.07. The molecule has 0 aliphatic rings. The Labute approximate surface area is 179 Å². The van der Waals surface area contributed by atoms with E-state index in [1.54, 1.807) is 24.5 Å². The molecule has 0 fully saturated rings. The number of hydrogen-bond donors (Lipinski definition) is 3. The Morgan fingerprint density at radius 3 is 2.33 bits per heavy atom. The first kappa shape index (κ1) is 24.0. The van der Waals surface area contributed by atoms with E-state index in [1.807, 2.05) is 34.6 Å². The number of aromatic hydroxyl groups is 1. The van der Waals surface area contributed by atoms with Crippen LogP contribution in [0.3, 0.4) is 0 Å². The monoisotopic (exact) mass is 436 g/mol. The number of aromatic nitrogens is 1. The van der Waals surface area contributed by atoms with Gasteiger partial charge in [0.25, 0.3) is 0 Å². The maximum Gasteiger partial charge on any atom is 0.395 e. The lowest BCUT2D eigenvalue weighted by Gasteiger charge is -2.28. The molecule has 1 atom stereocenters. The summed E-state index contributed by atoms with van der Waals surface area (Å²) in [6.07, 6.45) is 4.33. The van der Waals surface area contributed by atoms with Crippen LogP contribution in [0.15, 0.2) is 24.5 Å². The van der Waals surface area contributed by atoms with Crippen molar-refractivity contribution in [2.75, 3.05) is 18.7 Å². The molecule has 1 aromatic heterocycles. The maximum atomic E-state index is 13.0. The van der Waals surface area contributed by atoms with Crippen LogP contribution in [0.5, 0.6) is 17.2 Å². The molecular weight excluding hydrogens is 403 g/mol. The van der Waals surface area contributed by atoms with Crippen molar-refractivity contribution in [1.82, 2.24) is 4.98 Å². The van der Waals surface area contributed by atoms with Gasteiger partial charge in [0.2, 0.25) is 0 Å². The minimum absolute atomic E-state index is 0.0258. The zero-order valence-corrected chi connectivity index (χ0v) is 19.5. The van der Waals surface area contributed by atoms with Crippen molar-refractivity contribution in [3.63, 3.8) is 0 Å². The number of anilines is 1. The molecule has 0 saturated carbocycles. The van der Waals surface area contributed by atoms with Gasteiger partial charge in [-0.3, -0.25) is 4.98 Å². The Kier molecular flexibility index (Phi) is 8.16. The number of nitrogens with one attached hydrogen (secondary N) is 1. The van der Waals surface area contributed by atoms with E-state index in [0.29, 0.717) is 34.7 Å². The summed E-state index contributed by atoms with van der Waals surface area (Å²) in [7, 11) is -2.59. The first-order valence-electron chi connectivity index (χ1n) is 10.2. The summed E-state index contributed by atoms with van der Waals surface area (Å²) in [4.78, 5) is 14.6. The average Bonchev–Trinajstić information content (AvgIpc) is 2.68. The van der Waals surface area contributed by atoms with Crippen molar-refractivity contribution in [2.45, 2.75) is 59.3 Å². The molecule has 8 heteroatoms. The first-order valence-corrected chi connectivity index (χ1v) is 12.0. The van der Waals surface area contributed by atoms with E-state index in [2.05, 4.69) is 10.3 Å². The lowest BCUT2D eigenvalue weighted by Crippen LogP contribution is -2.12. The van der Waals surface area contributed by atoms with Gasteiger partial charge in [0.05, 0.1) is 12.8 Å². The van der Waals surface area contributed by atoms with Gasteiger partial charge < -0.3 is 24.6 Å². The van der Waals surface area contributed by atoms with Gasteiger partial charge in [0.15, 0.2) is 11.5 Å². The summed E-state index contributed by atoms with van der Waals surface area (Å²) < 4.78 is 24.4. The van der Waals surface area contributed by atoms with Gasteiger partial charge in [-0.05, 0) is 30.4 Å². The zero-order valence-electron chi connectivity index (χ0n) is 18.6. The number of hydrogen-bond acceptors (Lipinski definition) is 6. The fourth-order valence-corrected chi connectivity index (χ4v) is 4.48. The van der Waals surface area contributed by atoms with E-state index in [9.17, 15) is 14.6 Å². The first-order chi connectivity index (χ1) is 14.1. The fraction of sp³-hybridized carbons (Fsp3) is 0.500. The Hall–Kier alpha value is -2.24. The smallest absolute Gasteiger partial charge is 0.395 e. The largest absolute Gasteiger partial charge is 0.504 e. The number of ether oxygens (including phenoxy) is 1. The predicted octanol–water partition coefficient (Wildman–Crippen LogP) is 5.63. The number of rotatable bonds is 10. The van der Waals surface area contributed by atoms with E-state index in [4.69, 9.17) is 9.26 Å². The normalized spacial score (nSPS) is 13.4. The van der Waals surface area contributed by atoms with Crippen molar-refractivity contribution in [3.05, 3.63) is 41.2 Å². The number of pyridine rings is 1. The van der Waals surface area contributed by atoms with Crippen LogP contribution in [-0.4, -0.2) is 28.4 Å². The van der Waals surface area contributed by atoms with Crippen molar-refractivity contribution in [3.8, 4) is 17.2 Å². The highest BCUT2D eigenvalue weighted by atomic mass is 31.2. The van der Waals surface area contributed by atoms with Crippen molar-refractivity contribution >= 4 is 13.3 Å². The van der Waals surface area contributed by atoms with Crippen LogP contribution in [-0.2, 0) is 11.0 Å². The molecule has 3 N–H and O–H groups in total. The summed E-state index contributed by atoms with van der Waals surface area (Å²) in [6, 6.07) is 3.50. The van der Waals surface area contributed by atoms with E-state index in [-0.39, 0.29) is 23.9 Å². The minimum Gasteiger partial charge on any atom is -0.504 e. The van der Waals surface area contributed by atoms with Crippen LogP contribution < -0.4 is 14.6 Å². The van der Waals surface area contributed by atoms with Crippen LogP contribution in [0, 0.1) is 0 Å². The van der Waals surface area contributed by atoms with E-state index >= 15 is 0 Å². The number of nitrogens with zero attached hydrogens (tertiary/aromatic N) is 1. The molecule has 0 aliphatic carbocycles. The Morgan fingerprint density at radius 1 is 1.17 bits per heavy atom. The molecule has 166 valence electrons. The van der Waals surface area contributed by atoms with Gasteiger partial charge in [0, 0.05) is 29.1 Å². The molecule has 0 saturated heterocycles. The summed E-state index contributed by atoms with van der Waals surface area (Å²) in [5.74, 6) is 0.591. The van der Waals surface area contributed by atoms with E-state index in [0.717, 1.165) is 12.0 Å². The summed E-state index contributed by atoms with van der Waals surface area (Å²) in [5, 5.41) is 13.8. The van der Waals surface area contributed by atoms with Crippen LogP contribution in [0.4, 0.5) is 5.69 Å². The van der Waals surface area contributed by atoms with Crippen LogP contribution in [0.2, 0.25) is 0 Å². The Balaban J connectivity index is 2.57. The second-order valence-electron chi connectivity index (χ2n) is 7.88. The topological polar surface area (TPSA) is 101 Å². The molecule has 2 aromatic rings. The Morgan fingerprint density at radius 2 is 1.83 bits per heavy atom. The van der Waals surface area contributed by atoms with Crippen molar-refractivity contribution in [2.24, 2.45) is 0 Å². The average molecular weight is 436 g/mol. The Bertz CT molecular complexity index is 900. The second-order valence-corrected chi connectivity index (χ2v) is 9.66. The van der Waals surface area contributed by atoms with Gasteiger partial charge in [0.1, 0.15) is 12.0 Å². The zero-order chi connectivity index (χ0) is 22.5. The highest BCUT2D eigenvalue weighted by Crippen LogP contribution is 2.54. The molecule has 1 heterocycles. The number of phenols is 1. The lowest BCUT2D eigenvalue weighted by atomic mass is 9.86. The van der Waals surface area contributed by atoms with Crippen LogP contribution >= 0.6 is 7.60 Å². The third-order valence-corrected chi connectivity index (χ3v) is 5.82. The van der Waals surface area contributed by atoms with Crippen LogP contribution in [0.25, 0.3) is 0 Å². The number of benzene rings is 1. The van der Waals surface area contributed by atoms with Gasteiger partial charge in [-0.2, -0.15) is 0 Å². The van der Waals surface area contributed by atoms with Crippen molar-refractivity contribution in [1.29, 1.82) is 0 Å². The molecule has 1 unspecified atom stereocenters. The molecule has 1 aromatic carbocycles. The molecule has 0 spiro atoms. The molecule has 2 rings (SSSR count). The number of phenolic OH excluding ortho intramolecular Hbond substituents is 1. The molecule has 0 aliphatic heterocycles. The van der Waals surface area contributed by atoms with Gasteiger partial charge in [-0.15, -0.1) is 0 Å². The second kappa shape index (κ2) is 10.2. The maximum absolute atomic E-state index is 13.0. The van der Waals surface area contributed by atoms with Gasteiger partial charge in [-0.25, -0.2) is 4.57 Å². The summed E-state index contributed by atoms with van der Waals surface area (Å²) in [5.41, 5.74) is 2.66. The highest BCUT2D eigenvalue weighted by molar-refractivity contribution is 7.53. The summed E-state index contributed by atoms with van der Waals surface area (Å²) >= 11 is 0. The standard InChI is InChI=1S/C22H33N2O5P/c1-7-9-17-18(14(2)3)21(19(15(4)5)22(28-6)20(17)25)29-30(26,27)13-24-16-10-8-11-23-12-16/h8,10-12,14-15,24-25H,7,9,13H2,1-6H3,(H,26,27). The number of methoxy groups -OCH3 is 1. The van der Waals surface area contributed by atoms with Gasteiger partial charge >= 0.3 is 7.60 Å². The fourth-order valence-electron chi connectivity index (χ4n) is 3.55. The third-order valence-electron chi connectivity index (χ3n) is 4.80. The highest BCUT2D eigenvalue weighted by Gasteiger charge is 2.32. The quantitative estimate of drug-likeness (QED) is 0.415. The molecular formula is C22H33N2O5P. The molecule has 0 radical (unpaired) electrons. The molecule has 0 bridgehead atoms. The molecule has 30 heavy (non-hydrogen) atoms. The summed E-state index contributed by atoms with van der Waals surface area (Å²) in [6.45, 7) is 9.84. The van der Waals surface area contributed by atoms with Crippen molar-refractivity contribution < 1.29 is 23.8 Å². The van der Waals surface area contributed by atoms with Crippen LogP contribution in [0.1, 0.15) is 69.6 Å². The third kappa shape index (κ3) is 5.46. The SMILES string of the molecule is CCCc1c(O)c(OC)c(C(C)C)c(OP(=O)(O)CNc2cccnc2)c1C(C)C. The van der Waals surface area contributed by atoms with Gasteiger partial charge in [-0.1, -0.05) is 41.0 Å².